The van der Waals surface area contributed by atoms with E-state index in [1.807, 2.05) is 30.5 Å². The number of fused-ring (bicyclic) bond motifs is 1. The Bertz CT molecular complexity index is 950. The Morgan fingerprint density at radius 1 is 1.40 bits per heavy atom. The molecular formula is C18H16BrN3O3. The highest BCUT2D eigenvalue weighted by atomic mass is 79.9. The van der Waals surface area contributed by atoms with E-state index in [4.69, 9.17) is 4.74 Å². The molecule has 1 heterocycles. The molecule has 0 aliphatic heterocycles. The number of hydrogen-bond acceptors (Lipinski definition) is 4. The van der Waals surface area contributed by atoms with E-state index in [-0.39, 0.29) is 18.1 Å². The number of nitrogens with one attached hydrogen (secondary N) is 2. The monoisotopic (exact) mass is 401 g/mol. The number of amides is 1. The number of aromatic hydroxyl groups is 1. The highest BCUT2D eigenvalue weighted by molar-refractivity contribution is 9.10. The minimum absolute atomic E-state index is 0.0414. The Balaban J connectivity index is 1.68. The van der Waals surface area contributed by atoms with Crippen molar-refractivity contribution in [2.75, 3.05) is 7.11 Å². The first-order chi connectivity index (χ1) is 12.1. The van der Waals surface area contributed by atoms with E-state index in [2.05, 4.69) is 31.4 Å². The van der Waals surface area contributed by atoms with Gasteiger partial charge in [0.15, 0.2) is 11.5 Å². The van der Waals surface area contributed by atoms with Crippen molar-refractivity contribution in [2.45, 2.75) is 6.42 Å². The van der Waals surface area contributed by atoms with Crippen LogP contribution in [0.15, 0.2) is 52.2 Å². The molecule has 3 N–H and O–H groups in total. The SMILES string of the molecule is COc1cc(Br)cc(/C=N\NC(=O)Cc2c[nH]c3ccccc23)c1O. The van der Waals surface area contributed by atoms with Gasteiger partial charge in [0.1, 0.15) is 0 Å². The van der Waals surface area contributed by atoms with Gasteiger partial charge in [0.2, 0.25) is 5.91 Å². The Labute approximate surface area is 152 Å². The van der Waals surface area contributed by atoms with Crippen LogP contribution in [0.5, 0.6) is 11.5 Å². The van der Waals surface area contributed by atoms with Crippen molar-refractivity contribution in [1.82, 2.24) is 10.4 Å². The first-order valence-corrected chi connectivity index (χ1v) is 8.31. The quantitative estimate of drug-likeness (QED) is 0.452. The van der Waals surface area contributed by atoms with Gasteiger partial charge >= 0.3 is 0 Å². The number of aromatic nitrogens is 1. The highest BCUT2D eigenvalue weighted by Crippen LogP contribution is 2.32. The molecule has 0 atom stereocenters. The number of H-pyrrole nitrogens is 1. The third-order valence-electron chi connectivity index (χ3n) is 3.71. The number of hydrazone groups is 1. The van der Waals surface area contributed by atoms with Gasteiger partial charge in [-0.1, -0.05) is 34.1 Å². The second kappa shape index (κ2) is 7.40. The van der Waals surface area contributed by atoms with Crippen molar-refractivity contribution in [3.63, 3.8) is 0 Å². The Morgan fingerprint density at radius 3 is 3.00 bits per heavy atom. The zero-order valence-corrected chi connectivity index (χ0v) is 15.0. The third kappa shape index (κ3) is 3.83. The van der Waals surface area contributed by atoms with E-state index in [1.165, 1.54) is 13.3 Å². The van der Waals surface area contributed by atoms with Crippen molar-refractivity contribution < 1.29 is 14.6 Å². The Hall–Kier alpha value is -2.80. The molecule has 128 valence electrons. The van der Waals surface area contributed by atoms with Gasteiger partial charge in [-0.25, -0.2) is 5.43 Å². The first-order valence-electron chi connectivity index (χ1n) is 7.52. The topological polar surface area (TPSA) is 86.7 Å². The number of benzene rings is 2. The summed E-state index contributed by atoms with van der Waals surface area (Å²) in [6, 6.07) is 11.1. The zero-order valence-electron chi connectivity index (χ0n) is 13.4. The Morgan fingerprint density at radius 2 is 2.20 bits per heavy atom. The van der Waals surface area contributed by atoms with Crippen LogP contribution in [0.1, 0.15) is 11.1 Å². The van der Waals surface area contributed by atoms with Crippen molar-refractivity contribution in [1.29, 1.82) is 0 Å². The molecule has 0 bridgehead atoms. The number of aromatic amines is 1. The maximum Gasteiger partial charge on any atom is 0.244 e. The molecule has 1 amide bonds. The van der Waals surface area contributed by atoms with Crippen LogP contribution in [0, 0.1) is 0 Å². The number of carbonyl (C=O) groups is 1. The van der Waals surface area contributed by atoms with E-state index in [1.54, 1.807) is 12.1 Å². The lowest BCUT2D eigenvalue weighted by Crippen LogP contribution is -2.19. The smallest absolute Gasteiger partial charge is 0.244 e. The number of rotatable bonds is 5. The summed E-state index contributed by atoms with van der Waals surface area (Å²) in [4.78, 5) is 15.2. The molecule has 0 unspecified atom stereocenters. The molecule has 0 spiro atoms. The molecule has 0 saturated carbocycles. The van der Waals surface area contributed by atoms with Crippen LogP contribution in [-0.4, -0.2) is 29.3 Å². The standard InChI is InChI=1S/C18H16BrN3O3/c1-25-16-8-13(19)6-12(18(16)24)10-21-22-17(23)7-11-9-20-15-5-3-2-4-14(11)15/h2-6,8-10,20,24H,7H2,1H3,(H,22,23)/b21-10-. The molecule has 25 heavy (non-hydrogen) atoms. The summed E-state index contributed by atoms with van der Waals surface area (Å²) in [7, 11) is 1.46. The molecule has 0 aliphatic rings. The molecule has 3 aromatic rings. The molecule has 3 rings (SSSR count). The molecule has 0 radical (unpaired) electrons. The molecule has 2 aromatic carbocycles. The first kappa shape index (κ1) is 17.0. The molecular weight excluding hydrogens is 386 g/mol. The number of ether oxygens (including phenoxy) is 1. The summed E-state index contributed by atoms with van der Waals surface area (Å²) in [6.07, 6.45) is 3.39. The van der Waals surface area contributed by atoms with Crippen LogP contribution in [0.25, 0.3) is 10.9 Å². The fourth-order valence-electron chi connectivity index (χ4n) is 2.51. The number of hydrogen-bond donors (Lipinski definition) is 3. The van der Waals surface area contributed by atoms with Crippen molar-refractivity contribution in [2.24, 2.45) is 5.10 Å². The van der Waals surface area contributed by atoms with E-state index < -0.39 is 0 Å². The highest BCUT2D eigenvalue weighted by Gasteiger charge is 2.09. The number of phenols is 1. The number of para-hydroxylation sites is 1. The summed E-state index contributed by atoms with van der Waals surface area (Å²) in [6.45, 7) is 0. The second-order valence-electron chi connectivity index (χ2n) is 5.38. The molecule has 7 heteroatoms. The summed E-state index contributed by atoms with van der Waals surface area (Å²) < 4.78 is 5.80. The predicted molar refractivity (Wildman–Crippen MR) is 100 cm³/mol. The fourth-order valence-corrected chi connectivity index (χ4v) is 2.97. The van der Waals surface area contributed by atoms with Gasteiger partial charge in [0.05, 0.1) is 19.7 Å². The van der Waals surface area contributed by atoms with E-state index in [0.29, 0.717) is 11.3 Å². The number of carbonyl (C=O) groups excluding carboxylic acids is 1. The maximum atomic E-state index is 12.1. The molecule has 6 nitrogen and oxygen atoms in total. The largest absolute Gasteiger partial charge is 0.504 e. The lowest BCUT2D eigenvalue weighted by Gasteiger charge is -2.06. The molecule has 1 aromatic heterocycles. The van der Waals surface area contributed by atoms with Crippen molar-refractivity contribution in [3.05, 3.63) is 58.2 Å². The van der Waals surface area contributed by atoms with E-state index >= 15 is 0 Å². The van der Waals surface area contributed by atoms with Crippen molar-refractivity contribution in [3.8, 4) is 11.5 Å². The summed E-state index contributed by atoms with van der Waals surface area (Å²) in [5, 5.41) is 15.0. The van der Waals surface area contributed by atoms with Crippen LogP contribution < -0.4 is 10.2 Å². The average Bonchev–Trinajstić information content (AvgIpc) is 3.00. The van der Waals surface area contributed by atoms with Gasteiger partial charge in [-0.3, -0.25) is 4.79 Å². The maximum absolute atomic E-state index is 12.1. The predicted octanol–water partition coefficient (Wildman–Crippen LogP) is 3.34. The minimum atomic E-state index is -0.248. The molecule has 0 fully saturated rings. The summed E-state index contributed by atoms with van der Waals surface area (Å²) in [5.41, 5.74) is 4.78. The van der Waals surface area contributed by atoms with Gasteiger partial charge in [0, 0.05) is 27.1 Å². The van der Waals surface area contributed by atoms with Gasteiger partial charge in [-0.15, -0.1) is 0 Å². The summed E-state index contributed by atoms with van der Waals surface area (Å²) >= 11 is 3.33. The van der Waals surface area contributed by atoms with E-state index in [9.17, 15) is 9.90 Å². The number of phenolic OH excluding ortho intramolecular Hbond substituents is 1. The van der Waals surface area contributed by atoms with Gasteiger partial charge in [-0.05, 0) is 23.8 Å². The lowest BCUT2D eigenvalue weighted by atomic mass is 10.1. The normalized spacial score (nSPS) is 11.1. The second-order valence-corrected chi connectivity index (χ2v) is 6.29. The lowest BCUT2D eigenvalue weighted by molar-refractivity contribution is -0.120. The summed E-state index contributed by atoms with van der Waals surface area (Å²) in [5.74, 6) is 0.0312. The van der Waals surface area contributed by atoms with Crippen LogP contribution in [0.4, 0.5) is 0 Å². The van der Waals surface area contributed by atoms with Gasteiger partial charge < -0.3 is 14.8 Å². The molecule has 0 aliphatic carbocycles. The Kier molecular flexibility index (Phi) is 5.04. The van der Waals surface area contributed by atoms with Gasteiger partial charge in [-0.2, -0.15) is 5.10 Å². The number of halogens is 1. The van der Waals surface area contributed by atoms with Gasteiger partial charge in [0.25, 0.3) is 0 Å². The van der Waals surface area contributed by atoms with Crippen LogP contribution >= 0.6 is 15.9 Å². The van der Waals surface area contributed by atoms with E-state index in [0.717, 1.165) is 20.9 Å². The van der Waals surface area contributed by atoms with Crippen LogP contribution in [-0.2, 0) is 11.2 Å². The minimum Gasteiger partial charge on any atom is -0.504 e. The fraction of sp³-hybridized carbons (Fsp3) is 0.111. The van der Waals surface area contributed by atoms with Crippen LogP contribution in [0.3, 0.4) is 0 Å². The zero-order chi connectivity index (χ0) is 17.8. The third-order valence-corrected chi connectivity index (χ3v) is 4.17. The molecule has 0 saturated heterocycles. The number of nitrogens with zero attached hydrogens (tertiary/aromatic N) is 1. The van der Waals surface area contributed by atoms with Crippen LogP contribution in [0.2, 0.25) is 0 Å². The number of methoxy groups -OCH3 is 1. The average molecular weight is 402 g/mol. The van der Waals surface area contributed by atoms with Crippen molar-refractivity contribution >= 4 is 39.0 Å².